The number of benzene rings is 1. The van der Waals surface area contributed by atoms with Crippen LogP contribution in [0.4, 0.5) is 5.69 Å². The van der Waals surface area contributed by atoms with Gasteiger partial charge in [0.25, 0.3) is 0 Å². The Morgan fingerprint density at radius 1 is 1.17 bits per heavy atom. The van der Waals surface area contributed by atoms with E-state index in [4.69, 9.17) is 4.74 Å². The number of nitrogens with zero attached hydrogens (tertiary/aromatic N) is 2. The fraction of sp³-hybridized carbons (Fsp3) is 0.619. The minimum Gasteiger partial charge on any atom is -0.465 e. The van der Waals surface area contributed by atoms with Crippen molar-refractivity contribution >= 4 is 27.6 Å². The van der Waals surface area contributed by atoms with Gasteiger partial charge in [-0.3, -0.25) is 9.59 Å². The molecule has 158 valence electrons. The molecule has 0 aromatic heterocycles. The van der Waals surface area contributed by atoms with Crippen LogP contribution in [0.1, 0.15) is 51.5 Å². The van der Waals surface area contributed by atoms with Crippen LogP contribution in [0.5, 0.6) is 0 Å². The minimum atomic E-state index is -3.83. The normalized spacial score (nSPS) is 25.0. The average Bonchev–Trinajstić information content (AvgIpc) is 3.49. The number of ether oxygens (including phenoxy) is 1. The van der Waals surface area contributed by atoms with Crippen LogP contribution in [0.15, 0.2) is 23.1 Å². The lowest BCUT2D eigenvalue weighted by Crippen LogP contribution is -2.48. The molecular formula is C21H28N2O5S. The van der Waals surface area contributed by atoms with E-state index in [1.807, 2.05) is 11.8 Å². The molecule has 2 atom stereocenters. The molecule has 0 unspecified atom stereocenters. The average molecular weight is 421 g/mol. The van der Waals surface area contributed by atoms with Crippen LogP contribution in [-0.2, 0) is 30.8 Å². The van der Waals surface area contributed by atoms with E-state index < -0.39 is 22.0 Å². The fourth-order valence-corrected chi connectivity index (χ4v) is 6.13. The summed E-state index contributed by atoms with van der Waals surface area (Å²) in [4.78, 5) is 27.0. The van der Waals surface area contributed by atoms with E-state index in [-0.39, 0.29) is 29.4 Å². The van der Waals surface area contributed by atoms with Crippen LogP contribution in [0.2, 0.25) is 0 Å². The summed E-state index contributed by atoms with van der Waals surface area (Å²) in [5, 5.41) is 0. The first-order valence-electron chi connectivity index (χ1n) is 10.5. The number of fused-ring (bicyclic) bond motifs is 1. The Bertz CT molecular complexity index is 925. The SMILES string of the molecule is CCOC(=O)[C@@H]1CCCCN1S(=O)(=O)c1ccc2c(c1)C[C@@H](C)N2C(=O)C1CC1. The maximum atomic E-state index is 13.4. The number of hydrogen-bond donors (Lipinski definition) is 0. The molecule has 2 aliphatic heterocycles. The molecule has 4 rings (SSSR count). The summed E-state index contributed by atoms with van der Waals surface area (Å²) in [5.74, 6) is -0.220. The molecule has 29 heavy (non-hydrogen) atoms. The van der Waals surface area contributed by atoms with Gasteiger partial charge in [0.15, 0.2) is 0 Å². The van der Waals surface area contributed by atoms with Gasteiger partial charge in [0, 0.05) is 24.2 Å². The Balaban J connectivity index is 1.63. The van der Waals surface area contributed by atoms with Gasteiger partial charge in [0.2, 0.25) is 15.9 Å². The van der Waals surface area contributed by atoms with E-state index in [1.165, 1.54) is 4.31 Å². The lowest BCUT2D eigenvalue weighted by molar-refractivity contribution is -0.148. The predicted octanol–water partition coefficient (Wildman–Crippen LogP) is 2.48. The predicted molar refractivity (Wildman–Crippen MR) is 108 cm³/mol. The number of rotatable bonds is 5. The van der Waals surface area contributed by atoms with E-state index in [1.54, 1.807) is 25.1 Å². The van der Waals surface area contributed by atoms with Crippen molar-refractivity contribution in [2.24, 2.45) is 5.92 Å². The highest BCUT2D eigenvalue weighted by molar-refractivity contribution is 7.89. The van der Waals surface area contributed by atoms with E-state index in [9.17, 15) is 18.0 Å². The summed E-state index contributed by atoms with van der Waals surface area (Å²) in [7, 11) is -3.83. The Kier molecular flexibility index (Phi) is 5.42. The zero-order valence-corrected chi connectivity index (χ0v) is 17.8. The Morgan fingerprint density at radius 3 is 2.62 bits per heavy atom. The molecule has 0 spiro atoms. The second-order valence-corrected chi connectivity index (χ2v) is 10.1. The Hall–Kier alpha value is -1.93. The van der Waals surface area contributed by atoms with Crippen LogP contribution < -0.4 is 4.90 Å². The highest BCUT2D eigenvalue weighted by Crippen LogP contribution is 2.40. The van der Waals surface area contributed by atoms with Crippen LogP contribution in [-0.4, -0.2) is 49.8 Å². The van der Waals surface area contributed by atoms with Crippen LogP contribution >= 0.6 is 0 Å². The summed E-state index contributed by atoms with van der Waals surface area (Å²) >= 11 is 0. The number of anilines is 1. The molecule has 0 N–H and O–H groups in total. The van der Waals surface area contributed by atoms with E-state index in [0.717, 1.165) is 36.9 Å². The number of esters is 1. The lowest BCUT2D eigenvalue weighted by Gasteiger charge is -2.33. The molecule has 2 heterocycles. The second kappa shape index (κ2) is 7.72. The van der Waals surface area contributed by atoms with Gasteiger partial charge in [-0.15, -0.1) is 0 Å². The van der Waals surface area contributed by atoms with Gasteiger partial charge in [0.1, 0.15) is 6.04 Å². The maximum Gasteiger partial charge on any atom is 0.324 e. The number of hydrogen-bond acceptors (Lipinski definition) is 5. The minimum absolute atomic E-state index is 0.0262. The van der Waals surface area contributed by atoms with Crippen LogP contribution in [0.3, 0.4) is 0 Å². The van der Waals surface area contributed by atoms with Crippen LogP contribution in [0.25, 0.3) is 0 Å². The van der Waals surface area contributed by atoms with E-state index >= 15 is 0 Å². The molecular weight excluding hydrogens is 392 g/mol. The van der Waals surface area contributed by atoms with Crippen LogP contribution in [0, 0.1) is 5.92 Å². The second-order valence-electron chi connectivity index (χ2n) is 8.21. The molecule has 1 saturated heterocycles. The van der Waals surface area contributed by atoms with Crippen molar-refractivity contribution in [1.29, 1.82) is 0 Å². The number of piperidine rings is 1. The molecule has 3 aliphatic rings. The Labute approximate surface area is 172 Å². The highest BCUT2D eigenvalue weighted by Gasteiger charge is 2.41. The first kappa shape index (κ1) is 20.3. The summed E-state index contributed by atoms with van der Waals surface area (Å²) < 4.78 is 33.1. The zero-order chi connectivity index (χ0) is 20.8. The van der Waals surface area contributed by atoms with Gasteiger partial charge in [-0.05, 0) is 76.1 Å². The summed E-state index contributed by atoms with van der Waals surface area (Å²) in [6, 6.07) is 4.25. The summed E-state index contributed by atoms with van der Waals surface area (Å²) in [6.07, 6.45) is 4.51. The highest BCUT2D eigenvalue weighted by atomic mass is 32.2. The lowest BCUT2D eigenvalue weighted by atomic mass is 10.1. The van der Waals surface area contributed by atoms with Gasteiger partial charge >= 0.3 is 5.97 Å². The smallest absolute Gasteiger partial charge is 0.324 e. The molecule has 7 nitrogen and oxygen atoms in total. The molecule has 8 heteroatoms. The third-order valence-corrected chi connectivity index (χ3v) is 7.95. The standard InChI is InChI=1S/C21H28N2O5S/c1-3-28-21(25)19-6-4-5-11-22(19)29(26,27)17-9-10-18-16(13-17)12-14(2)23(18)20(24)15-7-8-15/h9-10,13-15,19H,3-8,11-12H2,1-2H3/t14-,19+/m1/s1. The molecule has 2 fully saturated rings. The number of carbonyl (C=O) groups excluding carboxylic acids is 2. The number of sulfonamides is 1. The number of amides is 1. The molecule has 1 aromatic rings. The molecule has 1 saturated carbocycles. The monoisotopic (exact) mass is 420 g/mol. The van der Waals surface area contributed by atoms with Gasteiger partial charge in [-0.25, -0.2) is 8.42 Å². The van der Waals surface area contributed by atoms with Crippen molar-refractivity contribution in [2.75, 3.05) is 18.1 Å². The largest absolute Gasteiger partial charge is 0.465 e. The van der Waals surface area contributed by atoms with Crippen molar-refractivity contribution in [3.63, 3.8) is 0 Å². The summed E-state index contributed by atoms with van der Waals surface area (Å²) in [6.45, 7) is 4.25. The third-order valence-electron chi connectivity index (χ3n) is 6.05. The molecule has 1 aliphatic carbocycles. The van der Waals surface area contributed by atoms with E-state index in [2.05, 4.69) is 0 Å². The van der Waals surface area contributed by atoms with Gasteiger partial charge in [0.05, 0.1) is 11.5 Å². The number of carbonyl (C=O) groups is 2. The zero-order valence-electron chi connectivity index (χ0n) is 17.0. The quantitative estimate of drug-likeness (QED) is 0.684. The van der Waals surface area contributed by atoms with Gasteiger partial charge in [-0.1, -0.05) is 0 Å². The first-order valence-corrected chi connectivity index (χ1v) is 11.9. The van der Waals surface area contributed by atoms with Crippen molar-refractivity contribution < 1.29 is 22.7 Å². The first-order chi connectivity index (χ1) is 13.8. The topological polar surface area (TPSA) is 84.0 Å². The third kappa shape index (κ3) is 3.68. The molecule has 1 amide bonds. The van der Waals surface area contributed by atoms with Crippen molar-refractivity contribution in [1.82, 2.24) is 4.31 Å². The van der Waals surface area contributed by atoms with Crippen molar-refractivity contribution in [2.45, 2.75) is 69.4 Å². The maximum absolute atomic E-state index is 13.4. The molecule has 1 aromatic carbocycles. The van der Waals surface area contributed by atoms with Gasteiger partial charge in [-0.2, -0.15) is 4.31 Å². The molecule has 0 bridgehead atoms. The Morgan fingerprint density at radius 2 is 1.93 bits per heavy atom. The van der Waals surface area contributed by atoms with Gasteiger partial charge < -0.3 is 9.64 Å². The summed E-state index contributed by atoms with van der Waals surface area (Å²) in [5.41, 5.74) is 1.69. The van der Waals surface area contributed by atoms with Crippen molar-refractivity contribution in [3.05, 3.63) is 23.8 Å². The van der Waals surface area contributed by atoms with Crippen molar-refractivity contribution in [3.8, 4) is 0 Å². The molecule has 0 radical (unpaired) electrons. The fourth-order valence-electron chi connectivity index (χ4n) is 4.43. The van der Waals surface area contributed by atoms with E-state index in [0.29, 0.717) is 19.4 Å².